The van der Waals surface area contributed by atoms with E-state index in [9.17, 15) is 13.2 Å². The Kier molecular flexibility index (Phi) is 5.22. The van der Waals surface area contributed by atoms with Crippen LogP contribution in [-0.2, 0) is 14.8 Å². The van der Waals surface area contributed by atoms with Crippen molar-refractivity contribution < 1.29 is 13.2 Å². The standard InChI is InChI=1S/C17H25N3O3S/c1-2-19-10-12-20(13-11-19)24(22,23)16-8-6-15(7-9-16)18-17(21)14-4-3-5-14/h6-9,14H,2-5,10-13H2,1H3,(H,18,21). The van der Waals surface area contributed by atoms with Crippen molar-refractivity contribution in [1.29, 1.82) is 0 Å². The Labute approximate surface area is 143 Å². The largest absolute Gasteiger partial charge is 0.326 e. The number of hydrogen-bond acceptors (Lipinski definition) is 4. The lowest BCUT2D eigenvalue weighted by molar-refractivity contribution is -0.122. The van der Waals surface area contributed by atoms with Crippen molar-refractivity contribution in [3.05, 3.63) is 24.3 Å². The van der Waals surface area contributed by atoms with E-state index in [0.29, 0.717) is 18.8 Å². The van der Waals surface area contributed by atoms with Crippen molar-refractivity contribution in [2.45, 2.75) is 31.1 Å². The summed E-state index contributed by atoms with van der Waals surface area (Å²) in [4.78, 5) is 14.5. The predicted molar refractivity (Wildman–Crippen MR) is 93.3 cm³/mol. The SMILES string of the molecule is CCN1CCN(S(=O)(=O)c2ccc(NC(=O)C3CCC3)cc2)CC1. The highest BCUT2D eigenvalue weighted by atomic mass is 32.2. The van der Waals surface area contributed by atoms with E-state index in [0.717, 1.165) is 38.9 Å². The molecule has 1 aliphatic carbocycles. The smallest absolute Gasteiger partial charge is 0.243 e. The molecular weight excluding hydrogens is 326 g/mol. The number of rotatable bonds is 5. The molecule has 1 amide bonds. The Hall–Kier alpha value is -1.44. The monoisotopic (exact) mass is 351 g/mol. The number of sulfonamides is 1. The molecule has 2 aliphatic rings. The fourth-order valence-electron chi connectivity index (χ4n) is 3.06. The molecule has 0 radical (unpaired) electrons. The Morgan fingerprint density at radius 2 is 1.75 bits per heavy atom. The van der Waals surface area contributed by atoms with Crippen molar-refractivity contribution in [2.24, 2.45) is 5.92 Å². The molecule has 24 heavy (non-hydrogen) atoms. The molecule has 1 saturated carbocycles. The summed E-state index contributed by atoms with van der Waals surface area (Å²) in [5, 5.41) is 2.86. The van der Waals surface area contributed by atoms with Gasteiger partial charge in [-0.05, 0) is 43.7 Å². The first-order valence-electron chi connectivity index (χ1n) is 8.64. The van der Waals surface area contributed by atoms with Crippen LogP contribution in [0.1, 0.15) is 26.2 Å². The van der Waals surface area contributed by atoms with Gasteiger partial charge in [0.05, 0.1) is 4.90 Å². The van der Waals surface area contributed by atoms with Gasteiger partial charge in [0.25, 0.3) is 0 Å². The van der Waals surface area contributed by atoms with Gasteiger partial charge in [-0.2, -0.15) is 4.31 Å². The third-order valence-electron chi connectivity index (χ3n) is 5.01. The Morgan fingerprint density at radius 3 is 2.25 bits per heavy atom. The molecule has 1 saturated heterocycles. The topological polar surface area (TPSA) is 69.7 Å². The normalized spacial score (nSPS) is 20.5. The first-order valence-corrected chi connectivity index (χ1v) is 10.1. The molecule has 0 atom stereocenters. The minimum Gasteiger partial charge on any atom is -0.326 e. The highest BCUT2D eigenvalue weighted by Crippen LogP contribution is 2.28. The second-order valence-corrected chi connectivity index (χ2v) is 8.42. The zero-order chi connectivity index (χ0) is 17.2. The summed E-state index contributed by atoms with van der Waals surface area (Å²) in [7, 11) is -3.45. The van der Waals surface area contributed by atoms with Crippen LogP contribution in [0.25, 0.3) is 0 Å². The summed E-state index contributed by atoms with van der Waals surface area (Å²) >= 11 is 0. The van der Waals surface area contributed by atoms with E-state index in [-0.39, 0.29) is 16.7 Å². The first-order chi connectivity index (χ1) is 11.5. The van der Waals surface area contributed by atoms with Crippen LogP contribution in [0.4, 0.5) is 5.69 Å². The third-order valence-corrected chi connectivity index (χ3v) is 6.93. The van der Waals surface area contributed by atoms with E-state index in [1.54, 1.807) is 28.6 Å². The van der Waals surface area contributed by atoms with Gasteiger partial charge < -0.3 is 10.2 Å². The van der Waals surface area contributed by atoms with Crippen molar-refractivity contribution in [3.63, 3.8) is 0 Å². The number of amides is 1. The maximum absolute atomic E-state index is 12.7. The fourth-order valence-corrected chi connectivity index (χ4v) is 4.48. The highest BCUT2D eigenvalue weighted by molar-refractivity contribution is 7.89. The van der Waals surface area contributed by atoms with Gasteiger partial charge in [-0.15, -0.1) is 0 Å². The van der Waals surface area contributed by atoms with Gasteiger partial charge in [-0.1, -0.05) is 13.3 Å². The summed E-state index contributed by atoms with van der Waals surface area (Å²) < 4.78 is 26.9. The summed E-state index contributed by atoms with van der Waals surface area (Å²) in [6.45, 7) is 5.62. The van der Waals surface area contributed by atoms with Crippen molar-refractivity contribution >= 4 is 21.6 Å². The second-order valence-electron chi connectivity index (χ2n) is 6.48. The van der Waals surface area contributed by atoms with E-state index in [1.807, 2.05) is 0 Å². The zero-order valence-electron chi connectivity index (χ0n) is 14.1. The number of hydrogen-bond donors (Lipinski definition) is 1. The van der Waals surface area contributed by atoms with Crippen molar-refractivity contribution in [3.8, 4) is 0 Å². The molecule has 1 N–H and O–H groups in total. The van der Waals surface area contributed by atoms with E-state index in [4.69, 9.17) is 0 Å². The van der Waals surface area contributed by atoms with E-state index in [1.165, 1.54) is 0 Å². The number of nitrogens with zero attached hydrogens (tertiary/aromatic N) is 2. The molecule has 1 aromatic carbocycles. The molecule has 1 aliphatic heterocycles. The molecule has 7 heteroatoms. The molecular formula is C17H25N3O3S. The van der Waals surface area contributed by atoms with Crippen LogP contribution in [0.3, 0.4) is 0 Å². The number of anilines is 1. The average Bonchev–Trinajstić information content (AvgIpc) is 2.53. The summed E-state index contributed by atoms with van der Waals surface area (Å²) in [5.74, 6) is 0.149. The molecule has 2 fully saturated rings. The van der Waals surface area contributed by atoms with Crippen LogP contribution in [0.15, 0.2) is 29.2 Å². The molecule has 0 spiro atoms. The van der Waals surface area contributed by atoms with Gasteiger partial charge in [-0.25, -0.2) is 8.42 Å². The zero-order valence-corrected chi connectivity index (χ0v) is 14.9. The molecule has 0 unspecified atom stereocenters. The number of nitrogens with one attached hydrogen (secondary N) is 1. The number of carbonyl (C=O) groups is 1. The lowest BCUT2D eigenvalue weighted by Gasteiger charge is -2.33. The highest BCUT2D eigenvalue weighted by Gasteiger charge is 2.28. The number of piperazine rings is 1. The van der Waals surface area contributed by atoms with Crippen LogP contribution < -0.4 is 5.32 Å². The lowest BCUT2D eigenvalue weighted by Crippen LogP contribution is -2.48. The average molecular weight is 351 g/mol. The Morgan fingerprint density at radius 1 is 1.12 bits per heavy atom. The summed E-state index contributed by atoms with van der Waals surface area (Å²) in [6.07, 6.45) is 3.00. The Bertz CT molecular complexity index is 676. The van der Waals surface area contributed by atoms with Crippen LogP contribution in [-0.4, -0.2) is 56.3 Å². The van der Waals surface area contributed by atoms with Gasteiger partial charge in [0.2, 0.25) is 15.9 Å². The van der Waals surface area contributed by atoms with Gasteiger partial charge >= 0.3 is 0 Å². The Balaban J connectivity index is 1.64. The lowest BCUT2D eigenvalue weighted by atomic mass is 9.85. The van der Waals surface area contributed by atoms with Crippen molar-refractivity contribution in [2.75, 3.05) is 38.0 Å². The molecule has 1 heterocycles. The minimum atomic E-state index is -3.45. The molecule has 132 valence electrons. The maximum Gasteiger partial charge on any atom is 0.243 e. The number of carbonyl (C=O) groups excluding carboxylic acids is 1. The van der Waals surface area contributed by atoms with E-state index >= 15 is 0 Å². The predicted octanol–water partition coefficient (Wildman–Crippen LogP) is 1.75. The third kappa shape index (κ3) is 3.63. The molecule has 0 aromatic heterocycles. The number of benzene rings is 1. The molecule has 0 bridgehead atoms. The van der Waals surface area contributed by atoms with Crippen LogP contribution in [0.2, 0.25) is 0 Å². The van der Waals surface area contributed by atoms with Gasteiger partial charge in [0.15, 0.2) is 0 Å². The maximum atomic E-state index is 12.7. The van der Waals surface area contributed by atoms with E-state index < -0.39 is 10.0 Å². The quantitative estimate of drug-likeness (QED) is 0.877. The van der Waals surface area contributed by atoms with Gasteiger partial charge in [-0.3, -0.25) is 4.79 Å². The second kappa shape index (κ2) is 7.21. The molecule has 3 rings (SSSR count). The summed E-state index contributed by atoms with van der Waals surface area (Å²) in [5.41, 5.74) is 0.654. The van der Waals surface area contributed by atoms with E-state index in [2.05, 4.69) is 17.1 Å². The van der Waals surface area contributed by atoms with Crippen molar-refractivity contribution in [1.82, 2.24) is 9.21 Å². The van der Waals surface area contributed by atoms with Crippen LogP contribution >= 0.6 is 0 Å². The first kappa shape index (κ1) is 17.4. The number of likely N-dealkylation sites (N-methyl/N-ethyl adjacent to an activating group) is 1. The molecule has 6 nitrogen and oxygen atoms in total. The van der Waals surface area contributed by atoms with Gasteiger partial charge in [0.1, 0.15) is 0 Å². The van der Waals surface area contributed by atoms with Crippen LogP contribution in [0, 0.1) is 5.92 Å². The minimum absolute atomic E-state index is 0.0348. The van der Waals surface area contributed by atoms with Gasteiger partial charge in [0, 0.05) is 37.8 Å². The summed E-state index contributed by atoms with van der Waals surface area (Å²) in [6, 6.07) is 6.51. The van der Waals surface area contributed by atoms with Crippen LogP contribution in [0.5, 0.6) is 0 Å². The fraction of sp³-hybridized carbons (Fsp3) is 0.588. The molecule has 1 aromatic rings.